The van der Waals surface area contributed by atoms with Crippen LogP contribution in [0.1, 0.15) is 5.56 Å². The summed E-state index contributed by atoms with van der Waals surface area (Å²) in [7, 11) is -3.57. The van der Waals surface area contributed by atoms with E-state index in [-0.39, 0.29) is 12.2 Å². The summed E-state index contributed by atoms with van der Waals surface area (Å²) in [5.41, 5.74) is 0.168. The van der Waals surface area contributed by atoms with Crippen molar-refractivity contribution in [2.24, 2.45) is 0 Å². The summed E-state index contributed by atoms with van der Waals surface area (Å²) in [5, 5.41) is 10.0. The lowest BCUT2D eigenvalue weighted by molar-refractivity contribution is -0.385. The number of para-hydroxylation sites is 1. The molecule has 0 aromatic heterocycles. The average Bonchev–Trinajstić information content (AvgIpc) is 2.27. The second kappa shape index (κ2) is 5.24. The van der Waals surface area contributed by atoms with Gasteiger partial charge in [-0.25, -0.2) is 13.1 Å². The normalized spacial score (nSPS) is 11.3. The van der Waals surface area contributed by atoms with E-state index in [1.165, 1.54) is 18.2 Å². The highest BCUT2D eigenvalue weighted by Gasteiger charge is 2.14. The Labute approximate surface area is 97.4 Å². The molecular formula is C8H9ClN2O4S. The van der Waals surface area contributed by atoms with Gasteiger partial charge in [-0.3, -0.25) is 10.1 Å². The molecule has 1 rings (SSSR count). The Balaban J connectivity index is 2.86. The fraction of sp³-hybridized carbons (Fsp3) is 0.250. The minimum Gasteiger partial charge on any atom is -0.258 e. The van der Waals surface area contributed by atoms with E-state index in [1.807, 2.05) is 0 Å². The molecule has 0 aliphatic heterocycles. The smallest absolute Gasteiger partial charge is 0.258 e. The van der Waals surface area contributed by atoms with E-state index in [9.17, 15) is 18.5 Å². The van der Waals surface area contributed by atoms with Crippen molar-refractivity contribution in [1.29, 1.82) is 0 Å². The quantitative estimate of drug-likeness (QED) is 0.492. The number of nitrogens with zero attached hydrogens (tertiary/aromatic N) is 1. The van der Waals surface area contributed by atoms with Crippen LogP contribution in [-0.4, -0.2) is 18.6 Å². The first-order valence-corrected chi connectivity index (χ1v) is 6.40. The molecule has 0 aliphatic rings. The van der Waals surface area contributed by atoms with Gasteiger partial charge in [0.05, 0.1) is 4.92 Å². The van der Waals surface area contributed by atoms with E-state index in [4.69, 9.17) is 11.6 Å². The van der Waals surface area contributed by atoms with Crippen LogP contribution >= 0.6 is 11.6 Å². The van der Waals surface area contributed by atoms with E-state index < -0.39 is 20.2 Å². The molecule has 0 spiro atoms. The van der Waals surface area contributed by atoms with Crippen molar-refractivity contribution >= 4 is 27.3 Å². The van der Waals surface area contributed by atoms with Crippen LogP contribution in [0.15, 0.2) is 24.3 Å². The minimum absolute atomic E-state index is 0.125. The predicted octanol–water partition coefficient (Wildman–Crippen LogP) is 1.21. The third kappa shape index (κ3) is 3.44. The van der Waals surface area contributed by atoms with Crippen LogP contribution in [0.2, 0.25) is 0 Å². The van der Waals surface area contributed by atoms with E-state index >= 15 is 0 Å². The summed E-state index contributed by atoms with van der Waals surface area (Å²) >= 11 is 5.18. The molecule has 6 nitrogen and oxygen atoms in total. The third-order valence-electron chi connectivity index (χ3n) is 1.81. The Morgan fingerprint density at radius 3 is 2.56 bits per heavy atom. The molecule has 0 fully saturated rings. The average molecular weight is 265 g/mol. The lowest BCUT2D eigenvalue weighted by Crippen LogP contribution is -2.24. The number of hydrogen-bond donors (Lipinski definition) is 1. The molecule has 88 valence electrons. The van der Waals surface area contributed by atoms with Gasteiger partial charge in [-0.15, -0.1) is 11.6 Å². The number of sulfonamides is 1. The first-order chi connectivity index (χ1) is 7.46. The van der Waals surface area contributed by atoms with Crippen molar-refractivity contribution in [1.82, 2.24) is 4.72 Å². The largest absolute Gasteiger partial charge is 0.273 e. The highest BCUT2D eigenvalue weighted by Crippen LogP contribution is 2.17. The summed E-state index contributed by atoms with van der Waals surface area (Å²) < 4.78 is 24.2. The molecular weight excluding hydrogens is 256 g/mol. The van der Waals surface area contributed by atoms with Gasteiger partial charge >= 0.3 is 0 Å². The van der Waals surface area contributed by atoms with Gasteiger partial charge in [0, 0.05) is 18.2 Å². The maximum atomic E-state index is 11.0. The van der Waals surface area contributed by atoms with Crippen molar-refractivity contribution < 1.29 is 13.3 Å². The lowest BCUT2D eigenvalue weighted by atomic mass is 10.2. The van der Waals surface area contributed by atoms with Crippen LogP contribution in [0, 0.1) is 10.1 Å². The molecule has 1 N–H and O–H groups in total. The zero-order valence-electron chi connectivity index (χ0n) is 8.09. The molecule has 0 heterocycles. The molecule has 8 heteroatoms. The molecule has 16 heavy (non-hydrogen) atoms. The van der Waals surface area contributed by atoms with Crippen molar-refractivity contribution in [3.8, 4) is 0 Å². The summed E-state index contributed by atoms with van der Waals surface area (Å²) in [5.74, 6) is 0. The van der Waals surface area contributed by atoms with Crippen molar-refractivity contribution in [3.05, 3.63) is 39.9 Å². The van der Waals surface area contributed by atoms with Gasteiger partial charge in [0.1, 0.15) is 5.21 Å². The number of halogens is 1. The zero-order valence-corrected chi connectivity index (χ0v) is 9.66. The van der Waals surface area contributed by atoms with Gasteiger partial charge in [0.25, 0.3) is 5.69 Å². The van der Waals surface area contributed by atoms with E-state index in [0.717, 1.165) is 0 Å². The number of hydrogen-bond acceptors (Lipinski definition) is 4. The van der Waals surface area contributed by atoms with Crippen molar-refractivity contribution in [3.63, 3.8) is 0 Å². The highest BCUT2D eigenvalue weighted by atomic mass is 35.5. The third-order valence-corrected chi connectivity index (χ3v) is 3.55. The summed E-state index contributed by atoms with van der Waals surface area (Å²) in [6.45, 7) is -0.147. The van der Waals surface area contributed by atoms with Crippen LogP contribution in [0.25, 0.3) is 0 Å². The number of nitro groups is 1. The van der Waals surface area contributed by atoms with Gasteiger partial charge < -0.3 is 0 Å². The Hall–Kier alpha value is -1.18. The summed E-state index contributed by atoms with van der Waals surface area (Å²) in [6.07, 6.45) is 0. The molecule has 0 bridgehead atoms. The molecule has 0 unspecified atom stereocenters. The molecule has 1 aromatic rings. The molecule has 0 atom stereocenters. The van der Waals surface area contributed by atoms with Crippen molar-refractivity contribution in [2.45, 2.75) is 6.54 Å². The predicted molar refractivity (Wildman–Crippen MR) is 59.6 cm³/mol. The van der Waals surface area contributed by atoms with Gasteiger partial charge in [0.15, 0.2) is 0 Å². The second-order valence-electron chi connectivity index (χ2n) is 2.93. The van der Waals surface area contributed by atoms with Crippen LogP contribution in [-0.2, 0) is 16.6 Å². The van der Waals surface area contributed by atoms with E-state index in [0.29, 0.717) is 5.56 Å². The second-order valence-corrected chi connectivity index (χ2v) is 5.32. The topological polar surface area (TPSA) is 89.3 Å². The Bertz CT molecular complexity index is 489. The van der Waals surface area contributed by atoms with Crippen LogP contribution < -0.4 is 4.72 Å². The Morgan fingerprint density at radius 2 is 2.00 bits per heavy atom. The maximum absolute atomic E-state index is 11.0. The molecule has 0 saturated carbocycles. The number of rotatable bonds is 5. The summed E-state index contributed by atoms with van der Waals surface area (Å²) in [4.78, 5) is 10.1. The van der Waals surface area contributed by atoms with Crippen LogP contribution in [0.3, 0.4) is 0 Å². The lowest BCUT2D eigenvalue weighted by Gasteiger charge is -2.04. The standard InChI is InChI=1S/C8H9ClN2O4S/c9-6-16(14,15)10-5-7-3-1-2-4-8(7)11(12)13/h1-4,10H,5-6H2. The monoisotopic (exact) mass is 264 g/mol. The summed E-state index contributed by atoms with van der Waals surface area (Å²) in [6, 6.07) is 5.90. The molecule has 0 aliphatic carbocycles. The molecule has 0 amide bonds. The Morgan fingerprint density at radius 1 is 1.38 bits per heavy atom. The number of nitro benzene ring substituents is 1. The molecule has 0 saturated heterocycles. The minimum atomic E-state index is -3.57. The fourth-order valence-electron chi connectivity index (χ4n) is 1.06. The maximum Gasteiger partial charge on any atom is 0.273 e. The first kappa shape index (κ1) is 12.9. The SMILES string of the molecule is O=[N+]([O-])c1ccccc1CNS(=O)(=O)CCl. The van der Waals surface area contributed by atoms with Crippen LogP contribution in [0.4, 0.5) is 5.69 Å². The highest BCUT2D eigenvalue weighted by molar-refractivity contribution is 7.90. The van der Waals surface area contributed by atoms with E-state index in [1.54, 1.807) is 6.07 Å². The van der Waals surface area contributed by atoms with Gasteiger partial charge in [-0.05, 0) is 0 Å². The zero-order chi connectivity index (χ0) is 12.2. The van der Waals surface area contributed by atoms with Gasteiger partial charge in [0.2, 0.25) is 10.0 Å². The van der Waals surface area contributed by atoms with Gasteiger partial charge in [-0.1, -0.05) is 18.2 Å². The number of benzene rings is 1. The van der Waals surface area contributed by atoms with Crippen molar-refractivity contribution in [2.75, 3.05) is 5.21 Å². The molecule has 0 radical (unpaired) electrons. The first-order valence-electron chi connectivity index (χ1n) is 4.22. The van der Waals surface area contributed by atoms with E-state index in [2.05, 4.69) is 4.72 Å². The van der Waals surface area contributed by atoms with Gasteiger partial charge in [-0.2, -0.15) is 0 Å². The van der Waals surface area contributed by atoms with Crippen LogP contribution in [0.5, 0.6) is 0 Å². The molecule has 1 aromatic carbocycles. The Kier molecular flexibility index (Phi) is 4.22. The fourth-order valence-corrected chi connectivity index (χ4v) is 1.75. The number of alkyl halides is 1. The number of nitrogens with one attached hydrogen (secondary N) is 1.